The third-order valence-corrected chi connectivity index (χ3v) is 3.36. The molecule has 0 rings (SSSR count). The molecule has 3 N–H and O–H groups in total. The molecule has 0 saturated carbocycles. The Labute approximate surface area is 98.5 Å². The fourth-order valence-corrected chi connectivity index (χ4v) is 2.21. The van der Waals surface area contributed by atoms with E-state index >= 15 is 0 Å². The minimum absolute atomic E-state index is 0.450. The van der Waals surface area contributed by atoms with Crippen molar-refractivity contribution < 1.29 is 4.74 Å². The topological polar surface area (TPSA) is 47.3 Å². The van der Waals surface area contributed by atoms with Crippen molar-refractivity contribution in [3.63, 3.8) is 0 Å². The maximum absolute atomic E-state index is 5.51. The third-order valence-electron chi connectivity index (χ3n) is 2.22. The molecule has 0 heterocycles. The molecule has 0 aromatic heterocycles. The van der Waals surface area contributed by atoms with Crippen LogP contribution in [0.2, 0.25) is 0 Å². The van der Waals surface area contributed by atoms with Gasteiger partial charge in [0.15, 0.2) is 0 Å². The summed E-state index contributed by atoms with van der Waals surface area (Å²) in [5.74, 6) is 2.35. The maximum Gasteiger partial charge on any atom is 0.0615 e. The van der Waals surface area contributed by atoms with Crippen LogP contribution in [0.5, 0.6) is 0 Å². The maximum atomic E-state index is 5.51. The number of nitrogens with one attached hydrogen (secondary N) is 1. The molecule has 0 fully saturated rings. The van der Waals surface area contributed by atoms with Gasteiger partial charge in [-0.3, -0.25) is 0 Å². The van der Waals surface area contributed by atoms with Crippen LogP contribution in [0.1, 0.15) is 26.7 Å². The first-order chi connectivity index (χ1) is 7.24. The standard InChI is InChI=1S/C11H26N2OS/c1-4-15-9-10(2)13-11(8-14-3)6-5-7-12/h10-11,13H,4-9,12H2,1-3H3. The van der Waals surface area contributed by atoms with Gasteiger partial charge in [-0.2, -0.15) is 11.8 Å². The molecule has 15 heavy (non-hydrogen) atoms. The molecule has 3 nitrogen and oxygen atoms in total. The van der Waals surface area contributed by atoms with E-state index in [0.29, 0.717) is 12.1 Å². The molecule has 0 aromatic rings. The molecule has 0 radical (unpaired) electrons. The Morgan fingerprint density at radius 3 is 2.73 bits per heavy atom. The second-order valence-electron chi connectivity index (χ2n) is 3.81. The summed E-state index contributed by atoms with van der Waals surface area (Å²) in [4.78, 5) is 0. The number of rotatable bonds is 10. The zero-order valence-corrected chi connectivity index (χ0v) is 11.1. The van der Waals surface area contributed by atoms with Gasteiger partial charge in [-0.05, 0) is 32.1 Å². The van der Waals surface area contributed by atoms with E-state index in [1.807, 2.05) is 11.8 Å². The fourth-order valence-electron chi connectivity index (χ4n) is 1.53. The lowest BCUT2D eigenvalue weighted by Crippen LogP contribution is -2.41. The molecule has 0 aliphatic heterocycles. The second kappa shape index (κ2) is 10.7. The van der Waals surface area contributed by atoms with Crippen molar-refractivity contribution in [3.8, 4) is 0 Å². The largest absolute Gasteiger partial charge is 0.383 e. The highest BCUT2D eigenvalue weighted by atomic mass is 32.2. The fraction of sp³-hybridized carbons (Fsp3) is 1.00. The van der Waals surface area contributed by atoms with Gasteiger partial charge < -0.3 is 15.8 Å². The average molecular weight is 234 g/mol. The van der Waals surface area contributed by atoms with Crippen molar-refractivity contribution in [2.24, 2.45) is 5.73 Å². The molecule has 2 atom stereocenters. The number of ether oxygens (including phenoxy) is 1. The summed E-state index contributed by atoms with van der Waals surface area (Å²) in [5.41, 5.74) is 5.51. The van der Waals surface area contributed by atoms with Crippen molar-refractivity contribution in [2.75, 3.05) is 31.8 Å². The van der Waals surface area contributed by atoms with Gasteiger partial charge in [-0.1, -0.05) is 6.92 Å². The molecule has 0 spiro atoms. The van der Waals surface area contributed by atoms with E-state index in [-0.39, 0.29) is 0 Å². The minimum atomic E-state index is 0.450. The number of methoxy groups -OCH3 is 1. The van der Waals surface area contributed by atoms with Crippen LogP contribution in [0.4, 0.5) is 0 Å². The van der Waals surface area contributed by atoms with Crippen LogP contribution in [-0.4, -0.2) is 43.9 Å². The average Bonchev–Trinajstić information content (AvgIpc) is 2.23. The summed E-state index contributed by atoms with van der Waals surface area (Å²) < 4.78 is 5.20. The van der Waals surface area contributed by atoms with Crippen molar-refractivity contribution in [1.82, 2.24) is 5.32 Å². The summed E-state index contributed by atoms with van der Waals surface area (Å²) in [6.07, 6.45) is 2.17. The van der Waals surface area contributed by atoms with E-state index in [0.717, 1.165) is 26.0 Å². The number of hydrogen-bond donors (Lipinski definition) is 2. The first kappa shape index (κ1) is 15.2. The van der Waals surface area contributed by atoms with Gasteiger partial charge in [-0.25, -0.2) is 0 Å². The van der Waals surface area contributed by atoms with Gasteiger partial charge in [0, 0.05) is 24.9 Å². The number of hydrogen-bond acceptors (Lipinski definition) is 4. The molecule has 0 amide bonds. The van der Waals surface area contributed by atoms with Crippen LogP contribution < -0.4 is 11.1 Å². The lowest BCUT2D eigenvalue weighted by molar-refractivity contribution is 0.158. The Hall–Kier alpha value is 0.230. The predicted octanol–water partition coefficient (Wildman–Crippen LogP) is 1.47. The van der Waals surface area contributed by atoms with Crippen LogP contribution >= 0.6 is 11.8 Å². The predicted molar refractivity (Wildman–Crippen MR) is 69.5 cm³/mol. The molecule has 0 aliphatic carbocycles. The number of thioether (sulfide) groups is 1. The van der Waals surface area contributed by atoms with Gasteiger partial charge >= 0.3 is 0 Å². The molecule has 0 bridgehead atoms. The SMILES string of the molecule is CCSCC(C)NC(CCCN)COC. The van der Waals surface area contributed by atoms with E-state index in [1.54, 1.807) is 7.11 Å². The zero-order valence-electron chi connectivity index (χ0n) is 10.3. The first-order valence-corrected chi connectivity index (χ1v) is 6.92. The second-order valence-corrected chi connectivity index (χ2v) is 5.13. The molecular formula is C11H26N2OS. The van der Waals surface area contributed by atoms with Crippen molar-refractivity contribution in [2.45, 2.75) is 38.8 Å². The molecule has 0 aliphatic rings. The highest BCUT2D eigenvalue weighted by Crippen LogP contribution is 2.04. The van der Waals surface area contributed by atoms with Crippen LogP contribution in [0.3, 0.4) is 0 Å². The highest BCUT2D eigenvalue weighted by molar-refractivity contribution is 7.99. The van der Waals surface area contributed by atoms with E-state index in [1.165, 1.54) is 11.5 Å². The number of nitrogens with two attached hydrogens (primary N) is 1. The van der Waals surface area contributed by atoms with E-state index < -0.39 is 0 Å². The first-order valence-electron chi connectivity index (χ1n) is 5.77. The van der Waals surface area contributed by atoms with Gasteiger partial charge in [0.2, 0.25) is 0 Å². The minimum Gasteiger partial charge on any atom is -0.383 e. The lowest BCUT2D eigenvalue weighted by atomic mass is 10.1. The smallest absolute Gasteiger partial charge is 0.0615 e. The van der Waals surface area contributed by atoms with E-state index in [2.05, 4.69) is 19.2 Å². The van der Waals surface area contributed by atoms with Crippen molar-refractivity contribution in [1.29, 1.82) is 0 Å². The van der Waals surface area contributed by atoms with E-state index in [4.69, 9.17) is 10.5 Å². The van der Waals surface area contributed by atoms with Gasteiger partial charge in [0.05, 0.1) is 6.61 Å². The Bertz CT molecular complexity index is 136. The molecule has 92 valence electrons. The van der Waals surface area contributed by atoms with E-state index in [9.17, 15) is 0 Å². The molecular weight excluding hydrogens is 208 g/mol. The Morgan fingerprint density at radius 2 is 2.20 bits per heavy atom. The summed E-state index contributed by atoms with van der Waals surface area (Å²) in [6, 6.07) is 0.999. The van der Waals surface area contributed by atoms with Crippen LogP contribution in [0.25, 0.3) is 0 Å². The normalized spacial score (nSPS) is 15.2. The van der Waals surface area contributed by atoms with Crippen LogP contribution in [-0.2, 0) is 4.74 Å². The monoisotopic (exact) mass is 234 g/mol. The zero-order chi connectivity index (χ0) is 11.5. The molecule has 4 heteroatoms. The Morgan fingerprint density at radius 1 is 1.47 bits per heavy atom. The summed E-state index contributed by atoms with van der Waals surface area (Å²) in [6.45, 7) is 5.97. The molecule has 2 unspecified atom stereocenters. The Balaban J connectivity index is 3.70. The van der Waals surface area contributed by atoms with Gasteiger partial charge in [0.1, 0.15) is 0 Å². The van der Waals surface area contributed by atoms with Crippen molar-refractivity contribution >= 4 is 11.8 Å². The molecule has 0 saturated heterocycles. The quantitative estimate of drug-likeness (QED) is 0.601. The lowest BCUT2D eigenvalue weighted by Gasteiger charge is -2.22. The van der Waals surface area contributed by atoms with Crippen LogP contribution in [0, 0.1) is 0 Å². The Kier molecular flexibility index (Phi) is 10.9. The molecule has 0 aromatic carbocycles. The van der Waals surface area contributed by atoms with Crippen molar-refractivity contribution in [3.05, 3.63) is 0 Å². The highest BCUT2D eigenvalue weighted by Gasteiger charge is 2.11. The van der Waals surface area contributed by atoms with Gasteiger partial charge in [-0.15, -0.1) is 0 Å². The summed E-state index contributed by atoms with van der Waals surface area (Å²) in [5, 5.41) is 3.59. The summed E-state index contributed by atoms with van der Waals surface area (Å²) in [7, 11) is 1.75. The van der Waals surface area contributed by atoms with Crippen LogP contribution in [0.15, 0.2) is 0 Å². The van der Waals surface area contributed by atoms with Gasteiger partial charge in [0.25, 0.3) is 0 Å². The third kappa shape index (κ3) is 9.18. The summed E-state index contributed by atoms with van der Waals surface area (Å²) >= 11 is 1.97.